The van der Waals surface area contributed by atoms with E-state index in [1.807, 2.05) is 45.0 Å². The lowest BCUT2D eigenvalue weighted by Gasteiger charge is -2.16. The third-order valence-electron chi connectivity index (χ3n) is 4.19. The first-order valence-corrected chi connectivity index (χ1v) is 9.34. The summed E-state index contributed by atoms with van der Waals surface area (Å²) in [5.74, 6) is -0.543. The zero-order valence-electron chi connectivity index (χ0n) is 15.5. The summed E-state index contributed by atoms with van der Waals surface area (Å²) < 4.78 is 0. The van der Waals surface area contributed by atoms with Crippen molar-refractivity contribution in [2.24, 2.45) is 0 Å². The highest BCUT2D eigenvalue weighted by atomic mass is 35.5. The summed E-state index contributed by atoms with van der Waals surface area (Å²) in [7, 11) is 0. The van der Waals surface area contributed by atoms with Gasteiger partial charge in [-0.05, 0) is 49.6 Å². The quantitative estimate of drug-likeness (QED) is 0.648. The van der Waals surface area contributed by atoms with Gasteiger partial charge in [0.15, 0.2) is 0 Å². The van der Waals surface area contributed by atoms with Gasteiger partial charge in [0.2, 0.25) is 11.8 Å². The molecule has 0 aromatic heterocycles. The molecule has 0 fully saturated rings. The molecule has 2 aromatic carbocycles. The van der Waals surface area contributed by atoms with E-state index in [0.29, 0.717) is 10.0 Å². The SMILES string of the molecule is Cc1cccc(C)c1NC(=O)CNC(=O)CN[C@@H](C)c1ccc(Cl)cc1Cl. The summed E-state index contributed by atoms with van der Waals surface area (Å²) >= 11 is 12.1. The summed E-state index contributed by atoms with van der Waals surface area (Å²) in [6, 6.07) is 10.9. The van der Waals surface area contributed by atoms with Crippen LogP contribution >= 0.6 is 23.2 Å². The first kappa shape index (κ1) is 21.2. The van der Waals surface area contributed by atoms with Gasteiger partial charge in [0.05, 0.1) is 13.1 Å². The number of aryl methyl sites for hydroxylation is 2. The fourth-order valence-corrected chi connectivity index (χ4v) is 3.22. The lowest BCUT2D eigenvalue weighted by Crippen LogP contribution is -2.39. The molecule has 1 atom stereocenters. The summed E-state index contributed by atoms with van der Waals surface area (Å²) in [4.78, 5) is 24.1. The van der Waals surface area contributed by atoms with Crippen LogP contribution in [-0.2, 0) is 9.59 Å². The van der Waals surface area contributed by atoms with Gasteiger partial charge < -0.3 is 16.0 Å². The highest BCUT2D eigenvalue weighted by Crippen LogP contribution is 2.25. The Hall–Kier alpha value is -2.08. The highest BCUT2D eigenvalue weighted by molar-refractivity contribution is 6.35. The number of hydrogen-bond donors (Lipinski definition) is 3. The fourth-order valence-electron chi connectivity index (χ4n) is 2.65. The Balaban J connectivity index is 1.79. The fraction of sp³-hybridized carbons (Fsp3) is 0.300. The number of rotatable bonds is 7. The number of nitrogens with one attached hydrogen (secondary N) is 3. The number of carbonyl (C=O) groups excluding carboxylic acids is 2. The van der Waals surface area contributed by atoms with Crippen molar-refractivity contribution < 1.29 is 9.59 Å². The van der Waals surface area contributed by atoms with Gasteiger partial charge >= 0.3 is 0 Å². The van der Waals surface area contributed by atoms with E-state index in [2.05, 4.69) is 16.0 Å². The number of hydrogen-bond acceptors (Lipinski definition) is 3. The predicted molar refractivity (Wildman–Crippen MR) is 110 cm³/mol. The minimum atomic E-state index is -0.274. The molecule has 27 heavy (non-hydrogen) atoms. The first-order valence-electron chi connectivity index (χ1n) is 8.59. The average molecular weight is 408 g/mol. The summed E-state index contributed by atoms with van der Waals surface area (Å²) in [5.41, 5.74) is 3.58. The van der Waals surface area contributed by atoms with Crippen LogP contribution in [0.2, 0.25) is 10.0 Å². The van der Waals surface area contributed by atoms with Gasteiger partial charge in [-0.1, -0.05) is 47.5 Å². The van der Waals surface area contributed by atoms with E-state index in [1.165, 1.54) is 0 Å². The van der Waals surface area contributed by atoms with Crippen molar-refractivity contribution in [1.82, 2.24) is 10.6 Å². The molecule has 2 amide bonds. The maximum Gasteiger partial charge on any atom is 0.243 e. The Kier molecular flexibility index (Phi) is 7.66. The van der Waals surface area contributed by atoms with Gasteiger partial charge in [-0.25, -0.2) is 0 Å². The number of para-hydroxylation sites is 1. The Bertz CT molecular complexity index is 820. The van der Waals surface area contributed by atoms with Gasteiger partial charge in [-0.2, -0.15) is 0 Å². The first-order chi connectivity index (χ1) is 12.8. The van der Waals surface area contributed by atoms with E-state index in [9.17, 15) is 9.59 Å². The molecule has 0 unspecified atom stereocenters. The van der Waals surface area contributed by atoms with Gasteiger partial charge in [-0.3, -0.25) is 9.59 Å². The molecule has 2 rings (SSSR count). The van der Waals surface area contributed by atoms with E-state index in [4.69, 9.17) is 23.2 Å². The molecule has 0 aliphatic heterocycles. The Morgan fingerprint density at radius 3 is 2.30 bits per heavy atom. The normalized spacial score (nSPS) is 11.7. The molecule has 0 bridgehead atoms. The van der Waals surface area contributed by atoms with Gasteiger partial charge in [0, 0.05) is 21.8 Å². The standard InChI is InChI=1S/C20H23Cl2N3O2/c1-12-5-4-6-13(2)20(12)25-19(27)11-24-18(26)10-23-14(3)16-8-7-15(21)9-17(16)22/h4-9,14,23H,10-11H2,1-3H3,(H,24,26)(H,25,27)/t14-/m0/s1. The molecule has 5 nitrogen and oxygen atoms in total. The topological polar surface area (TPSA) is 70.2 Å². The van der Waals surface area contributed by atoms with Crippen molar-refractivity contribution in [3.63, 3.8) is 0 Å². The Morgan fingerprint density at radius 2 is 1.67 bits per heavy atom. The van der Waals surface area contributed by atoms with Gasteiger partial charge in [-0.15, -0.1) is 0 Å². The van der Waals surface area contributed by atoms with E-state index in [-0.39, 0.29) is 30.9 Å². The van der Waals surface area contributed by atoms with E-state index in [1.54, 1.807) is 12.1 Å². The number of benzene rings is 2. The molecule has 0 aliphatic carbocycles. The monoisotopic (exact) mass is 407 g/mol. The second-order valence-electron chi connectivity index (χ2n) is 6.36. The number of amides is 2. The summed E-state index contributed by atoms with van der Waals surface area (Å²) in [6.45, 7) is 5.72. The van der Waals surface area contributed by atoms with Crippen molar-refractivity contribution in [3.05, 3.63) is 63.1 Å². The smallest absolute Gasteiger partial charge is 0.243 e. The molecular weight excluding hydrogens is 385 g/mol. The van der Waals surface area contributed by atoms with Crippen LogP contribution < -0.4 is 16.0 Å². The van der Waals surface area contributed by atoms with Crippen LogP contribution in [0.4, 0.5) is 5.69 Å². The Morgan fingerprint density at radius 1 is 1.00 bits per heavy atom. The van der Waals surface area contributed by atoms with Crippen LogP contribution in [0.25, 0.3) is 0 Å². The maximum absolute atomic E-state index is 12.1. The molecule has 144 valence electrons. The van der Waals surface area contributed by atoms with Crippen LogP contribution in [-0.4, -0.2) is 24.9 Å². The average Bonchev–Trinajstić information content (AvgIpc) is 2.61. The summed E-state index contributed by atoms with van der Waals surface area (Å²) in [5, 5.41) is 9.61. The molecule has 0 saturated carbocycles. The number of halogens is 2. The van der Waals surface area contributed by atoms with Crippen molar-refractivity contribution in [3.8, 4) is 0 Å². The molecule has 0 saturated heterocycles. The van der Waals surface area contributed by atoms with Crippen molar-refractivity contribution in [2.75, 3.05) is 18.4 Å². The Labute approximate surface area is 169 Å². The van der Waals surface area contributed by atoms with Crippen LogP contribution in [0.1, 0.15) is 29.7 Å². The molecule has 0 heterocycles. The summed E-state index contributed by atoms with van der Waals surface area (Å²) in [6.07, 6.45) is 0. The van der Waals surface area contributed by atoms with Crippen LogP contribution in [0.5, 0.6) is 0 Å². The number of anilines is 1. The van der Waals surface area contributed by atoms with Gasteiger partial charge in [0.1, 0.15) is 0 Å². The second kappa shape index (κ2) is 9.74. The third-order valence-corrected chi connectivity index (χ3v) is 4.75. The maximum atomic E-state index is 12.1. The van der Waals surface area contributed by atoms with Crippen LogP contribution in [0.15, 0.2) is 36.4 Å². The lowest BCUT2D eigenvalue weighted by atomic mass is 10.1. The third kappa shape index (κ3) is 6.24. The molecule has 0 spiro atoms. The molecule has 2 aromatic rings. The molecule has 0 aliphatic rings. The minimum absolute atomic E-state index is 0.0663. The van der Waals surface area contributed by atoms with Crippen molar-refractivity contribution >= 4 is 40.7 Å². The zero-order valence-corrected chi connectivity index (χ0v) is 17.0. The van der Waals surface area contributed by atoms with Gasteiger partial charge in [0.25, 0.3) is 0 Å². The van der Waals surface area contributed by atoms with Crippen molar-refractivity contribution in [2.45, 2.75) is 26.8 Å². The highest BCUT2D eigenvalue weighted by Gasteiger charge is 2.13. The largest absolute Gasteiger partial charge is 0.346 e. The molecule has 3 N–H and O–H groups in total. The molecular formula is C20H23Cl2N3O2. The number of carbonyl (C=O) groups is 2. The minimum Gasteiger partial charge on any atom is -0.346 e. The zero-order chi connectivity index (χ0) is 20.0. The predicted octanol–water partition coefficient (Wildman–Crippen LogP) is 4.02. The van der Waals surface area contributed by atoms with E-state index >= 15 is 0 Å². The van der Waals surface area contributed by atoms with Crippen molar-refractivity contribution in [1.29, 1.82) is 0 Å². The van der Waals surface area contributed by atoms with E-state index in [0.717, 1.165) is 22.4 Å². The van der Waals surface area contributed by atoms with Crippen LogP contribution in [0.3, 0.4) is 0 Å². The van der Waals surface area contributed by atoms with E-state index < -0.39 is 0 Å². The molecule has 7 heteroatoms. The second-order valence-corrected chi connectivity index (χ2v) is 7.20. The van der Waals surface area contributed by atoms with Crippen LogP contribution in [0, 0.1) is 13.8 Å². The lowest BCUT2D eigenvalue weighted by molar-refractivity contribution is -0.123. The molecule has 0 radical (unpaired) electrons.